The van der Waals surface area contributed by atoms with Crippen LogP contribution >= 0.6 is 23.4 Å². The lowest BCUT2D eigenvalue weighted by Crippen LogP contribution is -2.26. The van der Waals surface area contributed by atoms with Gasteiger partial charge in [-0.05, 0) is 31.4 Å². The first-order valence-electron chi connectivity index (χ1n) is 9.23. The van der Waals surface area contributed by atoms with E-state index in [1.54, 1.807) is 24.3 Å². The van der Waals surface area contributed by atoms with Crippen molar-refractivity contribution in [1.29, 1.82) is 0 Å². The van der Waals surface area contributed by atoms with Crippen molar-refractivity contribution in [2.24, 2.45) is 0 Å². The summed E-state index contributed by atoms with van der Waals surface area (Å²) in [5, 5.41) is -0.897. The first kappa shape index (κ1) is 4.91. The minimum Gasteiger partial charge on any atom is -0.334 e. The molecular weight excluding hydrogens is 242 g/mol. The van der Waals surface area contributed by atoms with Gasteiger partial charge in [0.05, 0.1) is 0 Å². The fourth-order valence-corrected chi connectivity index (χ4v) is 1.74. The smallest absolute Gasteiger partial charge is 0.281 e. The monoisotopic (exact) mass is 267 g/mol. The summed E-state index contributed by atoms with van der Waals surface area (Å²) >= 11 is 6.13. The van der Waals surface area contributed by atoms with Gasteiger partial charge in [0.15, 0.2) is 0 Å². The molecule has 0 aliphatic heterocycles. The van der Waals surface area contributed by atoms with Crippen molar-refractivity contribution in [1.82, 2.24) is 4.90 Å². The molecule has 1 rings (SSSR count). The molecule has 0 radical (unpaired) electrons. The third-order valence-electron chi connectivity index (χ3n) is 1.68. The minimum absolute atomic E-state index is 0.0549. The van der Waals surface area contributed by atoms with E-state index in [4.69, 9.17) is 25.3 Å². The van der Waals surface area contributed by atoms with E-state index >= 15 is 0 Å². The van der Waals surface area contributed by atoms with E-state index in [0.717, 1.165) is 0 Å². The van der Waals surface area contributed by atoms with Crippen LogP contribution in [0.1, 0.15) is 33.0 Å². The van der Waals surface area contributed by atoms with Crippen molar-refractivity contribution >= 4 is 28.6 Å². The van der Waals surface area contributed by atoms with Crippen LogP contribution < -0.4 is 0 Å². The van der Waals surface area contributed by atoms with Gasteiger partial charge >= 0.3 is 0 Å². The molecular formula is C12H16ClNOS. The standard InChI is InChI=1S/C12H16ClNOS/c1-3-14(4-2)12(15)16-9-10-5-7-11(13)8-6-10/h5-8H,3-4,9H2,1-2H3/i1D3,2D3,3D2,4D2. The fourth-order valence-electron chi connectivity index (χ4n) is 0.909. The molecule has 1 aromatic rings. The van der Waals surface area contributed by atoms with Gasteiger partial charge in [-0.3, -0.25) is 4.79 Å². The number of carbonyl (C=O) groups is 1. The van der Waals surface area contributed by atoms with Gasteiger partial charge in [0.1, 0.15) is 0 Å². The van der Waals surface area contributed by atoms with Gasteiger partial charge in [0, 0.05) is 37.5 Å². The van der Waals surface area contributed by atoms with Crippen molar-refractivity contribution in [3.63, 3.8) is 0 Å². The zero-order valence-corrected chi connectivity index (χ0v) is 9.73. The Kier molecular flexibility index (Phi) is 2.09. The first-order chi connectivity index (χ1) is 11.5. The molecule has 4 heteroatoms. The second-order valence-electron chi connectivity index (χ2n) is 2.74. The highest BCUT2D eigenvalue weighted by atomic mass is 35.5. The Labute approximate surface area is 120 Å². The molecule has 0 aromatic heterocycles. The summed E-state index contributed by atoms with van der Waals surface area (Å²) in [5.74, 6) is -0.0549. The lowest BCUT2D eigenvalue weighted by molar-refractivity contribution is 0.228. The average molecular weight is 268 g/mol. The molecule has 0 aliphatic rings. The second kappa shape index (κ2) is 6.81. The van der Waals surface area contributed by atoms with Crippen molar-refractivity contribution < 1.29 is 18.5 Å². The number of hydrogen-bond acceptors (Lipinski definition) is 2. The Hall–Kier alpha value is -0.670. The molecule has 0 heterocycles. The van der Waals surface area contributed by atoms with Crippen molar-refractivity contribution in [3.8, 4) is 0 Å². The topological polar surface area (TPSA) is 20.3 Å². The molecule has 0 N–H and O–H groups in total. The zero-order valence-electron chi connectivity index (χ0n) is 18.2. The molecule has 88 valence electrons. The number of amides is 1. The Bertz CT molecular complexity index is 617. The van der Waals surface area contributed by atoms with E-state index in [0.29, 0.717) is 22.3 Å². The number of nitrogens with zero attached hydrogens (tertiary/aromatic N) is 1. The molecule has 0 aliphatic carbocycles. The van der Waals surface area contributed by atoms with E-state index in [2.05, 4.69) is 0 Å². The van der Waals surface area contributed by atoms with E-state index in [1.807, 2.05) is 0 Å². The molecule has 1 aromatic carbocycles. The number of rotatable bonds is 4. The first-order valence-corrected chi connectivity index (χ1v) is 5.60. The van der Waals surface area contributed by atoms with Gasteiger partial charge in [0.25, 0.3) is 5.24 Å². The highest BCUT2D eigenvalue weighted by Gasteiger charge is 2.09. The van der Waals surface area contributed by atoms with Gasteiger partial charge in [0.2, 0.25) is 0 Å². The highest BCUT2D eigenvalue weighted by molar-refractivity contribution is 8.12. The quantitative estimate of drug-likeness (QED) is 0.821. The zero-order chi connectivity index (χ0) is 20.6. The molecule has 0 bridgehead atoms. The number of halogens is 1. The van der Waals surface area contributed by atoms with Gasteiger partial charge < -0.3 is 4.90 Å². The maximum absolute atomic E-state index is 12.5. The maximum Gasteiger partial charge on any atom is 0.281 e. The predicted molar refractivity (Wildman–Crippen MR) is 71.1 cm³/mol. The fraction of sp³-hybridized carbons (Fsp3) is 0.417. The molecule has 16 heavy (non-hydrogen) atoms. The van der Waals surface area contributed by atoms with Crippen LogP contribution in [0.3, 0.4) is 0 Å². The average Bonchev–Trinajstić information content (AvgIpc) is 2.43. The Morgan fingerprint density at radius 2 is 2.06 bits per heavy atom. The van der Waals surface area contributed by atoms with Gasteiger partial charge in [-0.25, -0.2) is 0 Å². The van der Waals surface area contributed by atoms with E-state index in [9.17, 15) is 4.79 Å². The number of benzene rings is 1. The summed E-state index contributed by atoms with van der Waals surface area (Å²) < 4.78 is 74.3. The Balaban J connectivity index is 3.19. The van der Waals surface area contributed by atoms with Crippen molar-refractivity contribution in [2.45, 2.75) is 19.5 Å². The molecule has 1 amide bonds. The highest BCUT2D eigenvalue weighted by Crippen LogP contribution is 2.17. The van der Waals surface area contributed by atoms with Crippen LogP contribution in [-0.2, 0) is 5.75 Å². The predicted octanol–water partition coefficient (Wildman–Crippen LogP) is 4.04. The molecule has 2 nitrogen and oxygen atoms in total. The van der Waals surface area contributed by atoms with Crippen LogP contribution in [0.5, 0.6) is 0 Å². The molecule has 0 saturated heterocycles. The van der Waals surface area contributed by atoms with Gasteiger partial charge in [-0.1, -0.05) is 35.5 Å². The second-order valence-corrected chi connectivity index (χ2v) is 4.10. The summed E-state index contributed by atoms with van der Waals surface area (Å²) in [6, 6.07) is 6.24. The molecule has 0 atom stereocenters. The SMILES string of the molecule is [2H]C([2H])([2H])C([2H])([2H])N(C(=O)SCc1ccc(Cl)cc1)C([2H])([2H])C([2H])([2H])[2H]. The molecule has 0 spiro atoms. The van der Waals surface area contributed by atoms with Crippen LogP contribution in [0, 0.1) is 0 Å². The van der Waals surface area contributed by atoms with Gasteiger partial charge in [-0.15, -0.1) is 0 Å². The maximum atomic E-state index is 12.5. The Morgan fingerprint density at radius 3 is 2.62 bits per heavy atom. The summed E-state index contributed by atoms with van der Waals surface area (Å²) in [6.45, 7) is -14.0. The lowest BCUT2D eigenvalue weighted by atomic mass is 10.2. The van der Waals surface area contributed by atoms with Crippen LogP contribution in [0.4, 0.5) is 4.79 Å². The summed E-state index contributed by atoms with van der Waals surface area (Å²) in [4.78, 5) is 12.1. The van der Waals surface area contributed by atoms with Crippen LogP contribution in [0.15, 0.2) is 24.3 Å². The lowest BCUT2D eigenvalue weighted by Gasteiger charge is -2.17. The largest absolute Gasteiger partial charge is 0.334 e. The van der Waals surface area contributed by atoms with E-state index in [-0.39, 0.29) is 10.7 Å². The number of carbonyl (C=O) groups excluding carboxylic acids is 1. The summed E-state index contributed by atoms with van der Waals surface area (Å²) in [7, 11) is 0. The van der Waals surface area contributed by atoms with Crippen LogP contribution in [0.2, 0.25) is 5.02 Å². The third kappa shape index (κ3) is 4.06. The van der Waals surface area contributed by atoms with E-state index < -0.39 is 31.9 Å². The van der Waals surface area contributed by atoms with Crippen LogP contribution in [0.25, 0.3) is 0 Å². The molecule has 0 unspecified atom stereocenters. The third-order valence-corrected chi connectivity index (χ3v) is 2.84. The summed E-state index contributed by atoms with van der Waals surface area (Å²) in [5.41, 5.74) is 0.580. The van der Waals surface area contributed by atoms with Crippen molar-refractivity contribution in [2.75, 3.05) is 13.0 Å². The Morgan fingerprint density at radius 1 is 1.44 bits per heavy atom. The molecule has 0 saturated carbocycles. The van der Waals surface area contributed by atoms with Crippen molar-refractivity contribution in [3.05, 3.63) is 34.9 Å². The molecule has 0 fully saturated rings. The number of hydrogen-bond donors (Lipinski definition) is 0. The normalized spacial score (nSPS) is 22.8. The van der Waals surface area contributed by atoms with Gasteiger partial charge in [-0.2, -0.15) is 0 Å². The minimum atomic E-state index is -3.53. The summed E-state index contributed by atoms with van der Waals surface area (Å²) in [6.07, 6.45) is 0. The van der Waals surface area contributed by atoms with E-state index in [1.165, 1.54) is 0 Å². The van der Waals surface area contributed by atoms with Crippen LogP contribution in [-0.4, -0.2) is 23.1 Å². The number of thioether (sulfide) groups is 1.